The molecule has 102 valence electrons. The van der Waals surface area contributed by atoms with Gasteiger partial charge in [-0.3, -0.25) is 0 Å². The van der Waals surface area contributed by atoms with Gasteiger partial charge in [-0.25, -0.2) is 0 Å². The summed E-state index contributed by atoms with van der Waals surface area (Å²) in [5.41, 5.74) is 5.00. The molecule has 1 fully saturated rings. The van der Waals surface area contributed by atoms with Crippen molar-refractivity contribution in [3.05, 3.63) is 11.7 Å². The first kappa shape index (κ1) is 13.3. The van der Waals surface area contributed by atoms with Crippen molar-refractivity contribution < 1.29 is 22.4 Å². The van der Waals surface area contributed by atoms with Crippen LogP contribution in [0.1, 0.15) is 37.4 Å². The maximum Gasteiger partial charge on any atom is 0.471 e. The van der Waals surface area contributed by atoms with Crippen LogP contribution in [0.15, 0.2) is 4.52 Å². The summed E-state index contributed by atoms with van der Waals surface area (Å²) in [5, 5.41) is 3.37. The van der Waals surface area contributed by atoms with E-state index in [1.165, 1.54) is 7.11 Å². The van der Waals surface area contributed by atoms with Crippen molar-refractivity contribution in [1.29, 1.82) is 0 Å². The number of halogens is 3. The summed E-state index contributed by atoms with van der Waals surface area (Å²) in [7, 11) is 1.47. The van der Waals surface area contributed by atoms with Crippen LogP contribution in [0.4, 0.5) is 13.2 Å². The lowest BCUT2D eigenvalue weighted by Gasteiger charge is -2.37. The van der Waals surface area contributed by atoms with E-state index in [0.29, 0.717) is 12.8 Å². The van der Waals surface area contributed by atoms with Crippen molar-refractivity contribution >= 4 is 0 Å². The van der Waals surface area contributed by atoms with Gasteiger partial charge in [0.15, 0.2) is 5.82 Å². The van der Waals surface area contributed by atoms with Gasteiger partial charge in [0, 0.05) is 7.11 Å². The summed E-state index contributed by atoms with van der Waals surface area (Å²) in [6, 6.07) is 0. The number of ether oxygens (including phenoxy) is 1. The highest BCUT2D eigenvalue weighted by atomic mass is 19.4. The maximum atomic E-state index is 12.4. The zero-order valence-electron chi connectivity index (χ0n) is 9.83. The van der Waals surface area contributed by atoms with Crippen LogP contribution in [0, 0.1) is 0 Å². The summed E-state index contributed by atoms with van der Waals surface area (Å²) in [6.45, 7) is 0. The van der Waals surface area contributed by atoms with Gasteiger partial charge in [0.25, 0.3) is 0 Å². The van der Waals surface area contributed by atoms with Gasteiger partial charge in [-0.2, -0.15) is 18.2 Å². The van der Waals surface area contributed by atoms with Crippen molar-refractivity contribution in [1.82, 2.24) is 10.1 Å². The Bertz CT molecular complexity index is 421. The first-order chi connectivity index (χ1) is 8.38. The molecule has 0 spiro atoms. The van der Waals surface area contributed by atoms with E-state index < -0.39 is 23.7 Å². The summed E-state index contributed by atoms with van der Waals surface area (Å²) in [5.74, 6) is -1.51. The molecule has 1 aliphatic carbocycles. The molecular formula is C10H14F3N3O2. The quantitative estimate of drug-likeness (QED) is 0.883. The largest absolute Gasteiger partial charge is 0.471 e. The average molecular weight is 265 g/mol. The van der Waals surface area contributed by atoms with Crippen LogP contribution in [-0.4, -0.2) is 23.4 Å². The van der Waals surface area contributed by atoms with Gasteiger partial charge in [-0.05, 0) is 12.8 Å². The minimum Gasteiger partial charge on any atom is -0.379 e. The van der Waals surface area contributed by atoms with Gasteiger partial charge in [-0.1, -0.05) is 18.0 Å². The van der Waals surface area contributed by atoms with E-state index in [-0.39, 0.29) is 5.82 Å². The molecular weight excluding hydrogens is 251 g/mol. The molecule has 2 N–H and O–H groups in total. The molecule has 0 saturated heterocycles. The minimum absolute atomic E-state index is 0.138. The van der Waals surface area contributed by atoms with Crippen LogP contribution in [0.5, 0.6) is 0 Å². The molecule has 0 amide bonds. The number of nitrogens with two attached hydrogens (primary N) is 1. The lowest BCUT2D eigenvalue weighted by atomic mass is 9.79. The third kappa shape index (κ3) is 2.22. The average Bonchev–Trinajstić information content (AvgIpc) is 2.79. The number of methoxy groups -OCH3 is 1. The second kappa shape index (κ2) is 4.51. The first-order valence-electron chi connectivity index (χ1n) is 5.61. The molecule has 18 heavy (non-hydrogen) atoms. The van der Waals surface area contributed by atoms with Crippen LogP contribution in [0.3, 0.4) is 0 Å². The first-order valence-corrected chi connectivity index (χ1v) is 5.61. The van der Waals surface area contributed by atoms with Gasteiger partial charge in [0.2, 0.25) is 0 Å². The molecule has 1 aromatic rings. The SMILES string of the molecule is COC1CCCCC1(N)c1noc(C(F)(F)F)n1. The molecule has 1 aliphatic rings. The normalized spacial score (nSPS) is 29.5. The summed E-state index contributed by atoms with van der Waals surface area (Å²) in [6.07, 6.45) is -2.19. The second-order valence-corrected chi connectivity index (χ2v) is 4.43. The van der Waals surface area contributed by atoms with Crippen LogP contribution < -0.4 is 5.73 Å². The van der Waals surface area contributed by atoms with Gasteiger partial charge in [0.05, 0.1) is 6.10 Å². The predicted molar refractivity (Wildman–Crippen MR) is 54.4 cm³/mol. The molecule has 2 rings (SSSR count). The number of hydrogen-bond acceptors (Lipinski definition) is 5. The Morgan fingerprint density at radius 2 is 2.17 bits per heavy atom. The number of nitrogens with zero attached hydrogens (tertiary/aromatic N) is 2. The monoisotopic (exact) mass is 265 g/mol. The van der Waals surface area contributed by atoms with Crippen molar-refractivity contribution in [2.75, 3.05) is 7.11 Å². The van der Waals surface area contributed by atoms with Gasteiger partial charge < -0.3 is 15.0 Å². The van der Waals surface area contributed by atoms with E-state index in [4.69, 9.17) is 10.5 Å². The Kier molecular flexibility index (Phi) is 3.33. The number of alkyl halides is 3. The Balaban J connectivity index is 2.31. The third-order valence-corrected chi connectivity index (χ3v) is 3.25. The summed E-state index contributed by atoms with van der Waals surface area (Å²) >= 11 is 0. The van der Waals surface area contributed by atoms with Crippen molar-refractivity contribution in [3.8, 4) is 0 Å². The standard InChI is InChI=1S/C10H14F3N3O2/c1-17-6-4-2-3-5-9(6,14)7-15-8(18-16-7)10(11,12)13/h6H,2-5,14H2,1H3. The van der Waals surface area contributed by atoms with E-state index in [1.54, 1.807) is 0 Å². The van der Waals surface area contributed by atoms with E-state index in [2.05, 4.69) is 14.7 Å². The summed E-state index contributed by atoms with van der Waals surface area (Å²) < 4.78 is 46.7. The topological polar surface area (TPSA) is 74.2 Å². The molecule has 0 bridgehead atoms. The zero-order valence-corrected chi connectivity index (χ0v) is 9.83. The second-order valence-electron chi connectivity index (χ2n) is 4.43. The van der Waals surface area contributed by atoms with Gasteiger partial charge >= 0.3 is 12.1 Å². The molecule has 1 saturated carbocycles. The molecule has 2 atom stereocenters. The summed E-state index contributed by atoms with van der Waals surface area (Å²) in [4.78, 5) is 3.37. The molecule has 1 heterocycles. The smallest absolute Gasteiger partial charge is 0.379 e. The number of hydrogen-bond donors (Lipinski definition) is 1. The van der Waals surface area contributed by atoms with Crippen molar-refractivity contribution in [3.63, 3.8) is 0 Å². The highest BCUT2D eigenvalue weighted by Crippen LogP contribution is 2.37. The fraction of sp³-hybridized carbons (Fsp3) is 0.800. The molecule has 2 unspecified atom stereocenters. The number of rotatable bonds is 2. The molecule has 0 aliphatic heterocycles. The van der Waals surface area contributed by atoms with E-state index in [0.717, 1.165) is 12.8 Å². The molecule has 5 nitrogen and oxygen atoms in total. The van der Waals surface area contributed by atoms with Crippen LogP contribution in [-0.2, 0) is 16.5 Å². The Morgan fingerprint density at radius 1 is 1.44 bits per heavy atom. The fourth-order valence-corrected chi connectivity index (χ4v) is 2.28. The van der Waals surface area contributed by atoms with Gasteiger partial charge in [0.1, 0.15) is 5.54 Å². The number of aromatic nitrogens is 2. The lowest BCUT2D eigenvalue weighted by Crippen LogP contribution is -2.51. The van der Waals surface area contributed by atoms with Gasteiger partial charge in [-0.15, -0.1) is 0 Å². The Hall–Kier alpha value is -1.15. The lowest BCUT2D eigenvalue weighted by molar-refractivity contribution is -0.159. The predicted octanol–water partition coefficient (Wildman–Crippen LogP) is 1.83. The highest BCUT2D eigenvalue weighted by molar-refractivity contribution is 5.10. The maximum absolute atomic E-state index is 12.4. The van der Waals surface area contributed by atoms with E-state index >= 15 is 0 Å². The fourth-order valence-electron chi connectivity index (χ4n) is 2.28. The Morgan fingerprint density at radius 3 is 2.72 bits per heavy atom. The Labute approximate surface area is 101 Å². The minimum atomic E-state index is -4.65. The van der Waals surface area contributed by atoms with Crippen molar-refractivity contribution in [2.24, 2.45) is 5.73 Å². The zero-order chi connectivity index (χ0) is 13.4. The molecule has 0 radical (unpaired) electrons. The van der Waals surface area contributed by atoms with Crippen LogP contribution >= 0.6 is 0 Å². The van der Waals surface area contributed by atoms with E-state index in [9.17, 15) is 13.2 Å². The molecule has 0 aromatic carbocycles. The molecule has 8 heteroatoms. The van der Waals surface area contributed by atoms with E-state index in [1.807, 2.05) is 0 Å². The highest BCUT2D eigenvalue weighted by Gasteiger charge is 2.46. The van der Waals surface area contributed by atoms with Crippen LogP contribution in [0.25, 0.3) is 0 Å². The third-order valence-electron chi connectivity index (χ3n) is 3.25. The molecule has 1 aromatic heterocycles. The van der Waals surface area contributed by atoms with Crippen LogP contribution in [0.2, 0.25) is 0 Å². The van der Waals surface area contributed by atoms with Crippen molar-refractivity contribution in [2.45, 2.75) is 43.5 Å².